The van der Waals surface area contributed by atoms with Crippen LogP contribution in [0.3, 0.4) is 0 Å². The SMILES string of the molecule is COc1ccc(CN)cc1CSc1ccoc1C. The molecule has 2 N–H and O–H groups in total. The Morgan fingerprint density at radius 1 is 1.33 bits per heavy atom. The van der Waals surface area contributed by atoms with Crippen LogP contribution in [0.5, 0.6) is 5.75 Å². The van der Waals surface area contributed by atoms with Gasteiger partial charge >= 0.3 is 0 Å². The highest BCUT2D eigenvalue weighted by Crippen LogP contribution is 2.30. The molecule has 0 saturated heterocycles. The molecular weight excluding hydrogens is 246 g/mol. The minimum atomic E-state index is 0.548. The minimum Gasteiger partial charge on any atom is -0.496 e. The molecule has 1 aromatic carbocycles. The van der Waals surface area contributed by atoms with Crippen LogP contribution in [0.25, 0.3) is 0 Å². The summed E-state index contributed by atoms with van der Waals surface area (Å²) in [4.78, 5) is 1.16. The summed E-state index contributed by atoms with van der Waals surface area (Å²) < 4.78 is 10.6. The highest BCUT2D eigenvalue weighted by atomic mass is 32.2. The maximum absolute atomic E-state index is 5.66. The van der Waals surface area contributed by atoms with Gasteiger partial charge in [-0.3, -0.25) is 0 Å². The first-order valence-corrected chi connectivity index (χ1v) is 6.76. The Kier molecular flexibility index (Phi) is 4.33. The molecule has 0 radical (unpaired) electrons. The topological polar surface area (TPSA) is 48.4 Å². The van der Waals surface area contributed by atoms with Crippen LogP contribution in [0.2, 0.25) is 0 Å². The van der Waals surface area contributed by atoms with Gasteiger partial charge in [-0.25, -0.2) is 0 Å². The van der Waals surface area contributed by atoms with E-state index >= 15 is 0 Å². The Balaban J connectivity index is 2.14. The van der Waals surface area contributed by atoms with Gasteiger partial charge in [0.1, 0.15) is 11.5 Å². The molecule has 0 aliphatic rings. The van der Waals surface area contributed by atoms with Gasteiger partial charge in [0.2, 0.25) is 0 Å². The predicted molar refractivity (Wildman–Crippen MR) is 73.9 cm³/mol. The molecule has 0 amide bonds. The zero-order valence-corrected chi connectivity index (χ0v) is 11.4. The fourth-order valence-corrected chi connectivity index (χ4v) is 2.69. The lowest BCUT2D eigenvalue weighted by Crippen LogP contribution is -1.98. The summed E-state index contributed by atoms with van der Waals surface area (Å²) in [6.45, 7) is 2.52. The van der Waals surface area contributed by atoms with Crippen molar-refractivity contribution in [2.24, 2.45) is 5.73 Å². The van der Waals surface area contributed by atoms with E-state index in [1.165, 1.54) is 0 Å². The highest BCUT2D eigenvalue weighted by molar-refractivity contribution is 7.98. The van der Waals surface area contributed by atoms with Crippen LogP contribution in [0.4, 0.5) is 0 Å². The molecule has 18 heavy (non-hydrogen) atoms. The second-order valence-corrected chi connectivity index (χ2v) is 5.00. The van der Waals surface area contributed by atoms with E-state index in [0.717, 1.165) is 33.3 Å². The van der Waals surface area contributed by atoms with E-state index in [2.05, 4.69) is 6.07 Å². The largest absolute Gasteiger partial charge is 0.496 e. The maximum atomic E-state index is 5.66. The van der Waals surface area contributed by atoms with Crippen LogP contribution < -0.4 is 10.5 Å². The number of thioether (sulfide) groups is 1. The van der Waals surface area contributed by atoms with Crippen LogP contribution >= 0.6 is 11.8 Å². The van der Waals surface area contributed by atoms with Gasteiger partial charge in [-0.2, -0.15) is 0 Å². The van der Waals surface area contributed by atoms with Crippen molar-refractivity contribution in [3.8, 4) is 5.75 Å². The predicted octanol–water partition coefficient (Wildman–Crippen LogP) is 3.35. The smallest absolute Gasteiger partial charge is 0.122 e. The normalized spacial score (nSPS) is 10.6. The van der Waals surface area contributed by atoms with Crippen LogP contribution in [-0.2, 0) is 12.3 Å². The summed E-state index contributed by atoms with van der Waals surface area (Å²) in [7, 11) is 1.69. The summed E-state index contributed by atoms with van der Waals surface area (Å²) in [5, 5.41) is 0. The summed E-state index contributed by atoms with van der Waals surface area (Å²) in [5.41, 5.74) is 7.94. The van der Waals surface area contributed by atoms with Crippen molar-refractivity contribution in [2.45, 2.75) is 24.1 Å². The number of rotatable bonds is 5. The van der Waals surface area contributed by atoms with Crippen LogP contribution in [0.1, 0.15) is 16.9 Å². The van der Waals surface area contributed by atoms with E-state index in [0.29, 0.717) is 6.54 Å². The van der Waals surface area contributed by atoms with Gasteiger partial charge in [-0.05, 0) is 30.7 Å². The molecule has 0 saturated carbocycles. The Morgan fingerprint density at radius 3 is 2.78 bits per heavy atom. The van der Waals surface area contributed by atoms with E-state index in [9.17, 15) is 0 Å². The molecule has 0 aliphatic carbocycles. The van der Waals surface area contributed by atoms with Crippen molar-refractivity contribution >= 4 is 11.8 Å². The summed E-state index contributed by atoms with van der Waals surface area (Å²) in [6.07, 6.45) is 1.71. The van der Waals surface area contributed by atoms with E-state index in [4.69, 9.17) is 14.9 Å². The average Bonchev–Trinajstić information content (AvgIpc) is 2.81. The minimum absolute atomic E-state index is 0.548. The lowest BCUT2D eigenvalue weighted by atomic mass is 10.1. The molecule has 0 unspecified atom stereocenters. The standard InChI is InChI=1S/C14H17NO2S/c1-10-14(5-6-17-10)18-9-12-7-11(8-15)3-4-13(12)16-2/h3-7H,8-9,15H2,1-2H3. The van der Waals surface area contributed by atoms with E-state index < -0.39 is 0 Å². The quantitative estimate of drug-likeness (QED) is 0.840. The highest BCUT2D eigenvalue weighted by Gasteiger charge is 2.07. The number of furan rings is 1. The molecule has 2 aromatic rings. The van der Waals surface area contributed by atoms with Crippen molar-refractivity contribution in [1.29, 1.82) is 0 Å². The third kappa shape index (κ3) is 2.89. The molecule has 96 valence electrons. The number of hydrogen-bond donors (Lipinski definition) is 1. The van der Waals surface area contributed by atoms with E-state index in [1.54, 1.807) is 25.1 Å². The summed E-state index contributed by atoms with van der Waals surface area (Å²) in [5.74, 6) is 2.70. The monoisotopic (exact) mass is 263 g/mol. The van der Waals surface area contributed by atoms with Crippen LogP contribution in [0.15, 0.2) is 39.8 Å². The molecule has 4 heteroatoms. The van der Waals surface area contributed by atoms with Crippen molar-refractivity contribution in [3.05, 3.63) is 47.4 Å². The molecule has 2 rings (SSSR count). The third-order valence-corrected chi connectivity index (χ3v) is 3.96. The first-order chi connectivity index (χ1) is 8.74. The number of nitrogens with two attached hydrogens (primary N) is 1. The lowest BCUT2D eigenvalue weighted by Gasteiger charge is -2.09. The van der Waals surface area contributed by atoms with Crippen molar-refractivity contribution in [3.63, 3.8) is 0 Å². The zero-order chi connectivity index (χ0) is 13.0. The van der Waals surface area contributed by atoms with Crippen LogP contribution in [-0.4, -0.2) is 7.11 Å². The van der Waals surface area contributed by atoms with Crippen molar-refractivity contribution in [2.75, 3.05) is 7.11 Å². The van der Waals surface area contributed by atoms with Gasteiger partial charge in [-0.15, -0.1) is 11.8 Å². The molecule has 0 aliphatic heterocycles. The van der Waals surface area contributed by atoms with Gasteiger partial charge in [-0.1, -0.05) is 6.07 Å². The molecule has 0 spiro atoms. The molecule has 0 fully saturated rings. The van der Waals surface area contributed by atoms with E-state index in [-0.39, 0.29) is 0 Å². The molecular formula is C14H17NO2S. The van der Waals surface area contributed by atoms with Gasteiger partial charge in [0, 0.05) is 22.8 Å². The first-order valence-electron chi connectivity index (χ1n) is 5.77. The van der Waals surface area contributed by atoms with Crippen molar-refractivity contribution in [1.82, 2.24) is 0 Å². The second kappa shape index (κ2) is 5.98. The lowest BCUT2D eigenvalue weighted by molar-refractivity contribution is 0.411. The van der Waals surface area contributed by atoms with Gasteiger partial charge in [0.15, 0.2) is 0 Å². The number of methoxy groups -OCH3 is 1. The fourth-order valence-electron chi connectivity index (χ4n) is 1.75. The average molecular weight is 263 g/mol. The van der Waals surface area contributed by atoms with E-state index in [1.807, 2.05) is 25.1 Å². The Morgan fingerprint density at radius 2 is 2.17 bits per heavy atom. The number of benzene rings is 1. The van der Waals surface area contributed by atoms with Crippen molar-refractivity contribution < 1.29 is 9.15 Å². The fraction of sp³-hybridized carbons (Fsp3) is 0.286. The molecule has 1 heterocycles. The first kappa shape index (κ1) is 13.1. The molecule has 0 bridgehead atoms. The summed E-state index contributed by atoms with van der Waals surface area (Å²) in [6, 6.07) is 8.05. The van der Waals surface area contributed by atoms with Gasteiger partial charge in [0.25, 0.3) is 0 Å². The number of ether oxygens (including phenoxy) is 1. The Hall–Kier alpha value is -1.39. The molecule has 3 nitrogen and oxygen atoms in total. The number of aryl methyl sites for hydroxylation is 1. The van der Waals surface area contributed by atoms with Gasteiger partial charge < -0.3 is 14.9 Å². The Labute approximate surface area is 111 Å². The van der Waals surface area contributed by atoms with Crippen LogP contribution in [0, 0.1) is 6.92 Å². The zero-order valence-electron chi connectivity index (χ0n) is 10.6. The molecule has 1 aromatic heterocycles. The number of hydrogen-bond acceptors (Lipinski definition) is 4. The maximum Gasteiger partial charge on any atom is 0.122 e. The Bertz CT molecular complexity index is 522. The van der Waals surface area contributed by atoms with Gasteiger partial charge in [0.05, 0.1) is 13.4 Å². The summed E-state index contributed by atoms with van der Waals surface area (Å²) >= 11 is 1.74. The molecule has 0 atom stereocenters. The second-order valence-electron chi connectivity index (χ2n) is 3.98. The third-order valence-electron chi connectivity index (χ3n) is 2.77.